The number of pyridine rings is 1. The van der Waals surface area contributed by atoms with E-state index >= 15 is 0 Å². The zero-order chi connectivity index (χ0) is 21.3. The van der Waals surface area contributed by atoms with Crippen LogP contribution in [0.1, 0.15) is 24.8 Å². The second kappa shape index (κ2) is 8.11. The van der Waals surface area contributed by atoms with E-state index < -0.39 is 18.1 Å². The van der Waals surface area contributed by atoms with Crippen molar-refractivity contribution in [2.24, 2.45) is 5.92 Å². The van der Waals surface area contributed by atoms with Gasteiger partial charge in [-0.05, 0) is 50.1 Å². The fourth-order valence-corrected chi connectivity index (χ4v) is 4.37. The third-order valence-corrected chi connectivity index (χ3v) is 5.84. The van der Waals surface area contributed by atoms with E-state index in [1.165, 1.54) is 0 Å². The molecule has 1 aromatic carbocycles. The maximum atomic E-state index is 13.7. The Morgan fingerprint density at radius 1 is 1.30 bits per heavy atom. The average molecular weight is 417 g/mol. The predicted octanol–water partition coefficient (Wildman–Crippen LogP) is 2.73. The van der Waals surface area contributed by atoms with Crippen LogP contribution in [-0.2, 0) is 4.79 Å². The first kappa shape index (κ1) is 20.4. The first-order valence-corrected chi connectivity index (χ1v) is 10.00. The van der Waals surface area contributed by atoms with Crippen molar-refractivity contribution in [3.63, 3.8) is 0 Å². The monoisotopic (exact) mass is 417 g/mol. The van der Waals surface area contributed by atoms with Crippen LogP contribution < -0.4 is 15.5 Å². The lowest BCUT2D eigenvalue weighted by atomic mass is 9.92. The number of nitriles is 1. The lowest BCUT2D eigenvalue weighted by molar-refractivity contribution is -0.178. The van der Waals surface area contributed by atoms with Crippen LogP contribution in [0.3, 0.4) is 0 Å². The Balaban J connectivity index is 1.64. The molecule has 2 fully saturated rings. The highest BCUT2D eigenvalue weighted by atomic mass is 19.4. The van der Waals surface area contributed by atoms with E-state index in [0.29, 0.717) is 28.6 Å². The number of nitrogens with one attached hydrogen (secondary N) is 2. The number of carbonyl (C=O) groups is 1. The van der Waals surface area contributed by atoms with E-state index in [2.05, 4.69) is 21.7 Å². The minimum Gasteiger partial charge on any atom is -0.368 e. The lowest BCUT2D eigenvalue weighted by Crippen LogP contribution is -2.56. The number of piperidine rings is 1. The van der Waals surface area contributed by atoms with Crippen LogP contribution in [0.2, 0.25) is 0 Å². The molecule has 0 aliphatic carbocycles. The van der Waals surface area contributed by atoms with E-state index in [4.69, 9.17) is 0 Å². The molecule has 158 valence electrons. The summed E-state index contributed by atoms with van der Waals surface area (Å²) in [5.74, 6) is -1.80. The minimum absolute atomic E-state index is 0.148. The third-order valence-electron chi connectivity index (χ3n) is 5.84. The van der Waals surface area contributed by atoms with Gasteiger partial charge in [0.15, 0.2) is 0 Å². The maximum absolute atomic E-state index is 13.7. The van der Waals surface area contributed by atoms with Crippen LogP contribution in [0, 0.1) is 17.2 Å². The Bertz CT molecular complexity index is 981. The van der Waals surface area contributed by atoms with Gasteiger partial charge < -0.3 is 15.5 Å². The van der Waals surface area contributed by atoms with Crippen LogP contribution >= 0.6 is 0 Å². The number of rotatable bonds is 3. The Hall–Kier alpha value is -2.86. The normalized spacial score (nSPS) is 24.6. The summed E-state index contributed by atoms with van der Waals surface area (Å²) in [5.41, 5.74) is 1.42. The number of hydrogen-bond acceptors (Lipinski definition) is 5. The molecule has 3 atom stereocenters. The van der Waals surface area contributed by atoms with Crippen molar-refractivity contribution >= 4 is 22.5 Å². The molecule has 2 aliphatic rings. The molecule has 4 rings (SSSR count). The Morgan fingerprint density at radius 3 is 2.83 bits per heavy atom. The number of alkyl halides is 3. The molecular weight excluding hydrogens is 395 g/mol. The standard InChI is InChI=1S/C21H22F3N5O/c22-21(23,24)14-9-15(28-20(30)17-4-2-7-26-17)12-29(11-14)18-6-5-13(10-25)19-16(18)3-1-8-27-19/h1,3,5-6,8,14-15,17,26H,2,4,7,9,11-12H2,(H,28,30)/t14-,15+,17+/m0/s1. The van der Waals surface area contributed by atoms with Crippen LogP contribution in [0.4, 0.5) is 18.9 Å². The zero-order valence-electron chi connectivity index (χ0n) is 16.2. The highest BCUT2D eigenvalue weighted by Gasteiger charge is 2.45. The molecule has 2 aliphatic heterocycles. The highest BCUT2D eigenvalue weighted by Crippen LogP contribution is 2.37. The minimum atomic E-state index is -4.37. The Kier molecular flexibility index (Phi) is 5.52. The number of aromatic nitrogens is 1. The summed E-state index contributed by atoms with van der Waals surface area (Å²) in [7, 11) is 0. The number of benzene rings is 1. The third kappa shape index (κ3) is 4.05. The van der Waals surface area contributed by atoms with Crippen LogP contribution in [0.25, 0.3) is 10.9 Å². The number of carbonyl (C=O) groups excluding carboxylic acids is 1. The Labute approximate surface area is 172 Å². The molecule has 1 amide bonds. The van der Waals surface area contributed by atoms with Gasteiger partial charge in [-0.1, -0.05) is 0 Å². The van der Waals surface area contributed by atoms with Crippen LogP contribution in [0.5, 0.6) is 0 Å². The predicted molar refractivity (Wildman–Crippen MR) is 106 cm³/mol. The molecule has 2 N–H and O–H groups in total. The number of amides is 1. The van der Waals surface area contributed by atoms with Crippen molar-refractivity contribution in [3.05, 3.63) is 36.0 Å². The van der Waals surface area contributed by atoms with Gasteiger partial charge in [-0.25, -0.2) is 0 Å². The van der Waals surface area contributed by atoms with Crippen molar-refractivity contribution < 1.29 is 18.0 Å². The fraction of sp³-hybridized carbons (Fsp3) is 0.476. The van der Waals surface area contributed by atoms with Gasteiger partial charge in [0.25, 0.3) is 0 Å². The molecule has 1 aromatic heterocycles. The van der Waals surface area contributed by atoms with Crippen molar-refractivity contribution in [3.8, 4) is 6.07 Å². The van der Waals surface area contributed by atoms with Crippen molar-refractivity contribution in [2.75, 3.05) is 24.5 Å². The van der Waals surface area contributed by atoms with E-state index in [1.54, 1.807) is 35.4 Å². The van der Waals surface area contributed by atoms with E-state index in [1.807, 2.05) is 0 Å². The summed E-state index contributed by atoms with van der Waals surface area (Å²) >= 11 is 0. The van der Waals surface area contributed by atoms with Crippen LogP contribution in [0.15, 0.2) is 30.5 Å². The van der Waals surface area contributed by atoms with Gasteiger partial charge in [0.1, 0.15) is 6.07 Å². The molecule has 0 unspecified atom stereocenters. The van der Waals surface area contributed by atoms with Gasteiger partial charge in [0.2, 0.25) is 5.91 Å². The molecule has 30 heavy (non-hydrogen) atoms. The van der Waals surface area contributed by atoms with Crippen LogP contribution in [-0.4, -0.2) is 48.8 Å². The largest absolute Gasteiger partial charge is 0.393 e. The molecule has 0 radical (unpaired) electrons. The van der Waals surface area contributed by atoms with Gasteiger partial charge in [0, 0.05) is 36.4 Å². The molecule has 0 bridgehead atoms. The number of hydrogen-bond donors (Lipinski definition) is 2. The molecule has 0 spiro atoms. The molecule has 9 heteroatoms. The van der Waals surface area contributed by atoms with Gasteiger partial charge in [-0.2, -0.15) is 18.4 Å². The second-order valence-corrected chi connectivity index (χ2v) is 7.88. The van der Waals surface area contributed by atoms with Crippen molar-refractivity contribution in [1.82, 2.24) is 15.6 Å². The first-order chi connectivity index (χ1) is 14.4. The molecule has 3 heterocycles. The summed E-state index contributed by atoms with van der Waals surface area (Å²) in [6.07, 6.45) is -1.39. The number of nitrogens with zero attached hydrogens (tertiary/aromatic N) is 3. The molecule has 6 nitrogen and oxygen atoms in total. The quantitative estimate of drug-likeness (QED) is 0.803. The van der Waals surface area contributed by atoms with Gasteiger partial charge >= 0.3 is 6.18 Å². The second-order valence-electron chi connectivity index (χ2n) is 7.88. The SMILES string of the molecule is N#Cc1ccc(N2C[C@H](NC(=O)[C@H]3CCCN3)C[C@H](C(F)(F)F)C2)c2cccnc12. The van der Waals surface area contributed by atoms with Gasteiger partial charge in [-0.3, -0.25) is 9.78 Å². The molecule has 2 saturated heterocycles. The van der Waals surface area contributed by atoms with Crippen molar-refractivity contribution in [1.29, 1.82) is 5.26 Å². The maximum Gasteiger partial charge on any atom is 0.393 e. The highest BCUT2D eigenvalue weighted by molar-refractivity contribution is 5.95. The molecule has 0 saturated carbocycles. The topological polar surface area (TPSA) is 81.0 Å². The average Bonchev–Trinajstić information content (AvgIpc) is 3.27. The first-order valence-electron chi connectivity index (χ1n) is 10.00. The van der Waals surface area contributed by atoms with E-state index in [0.717, 1.165) is 13.0 Å². The smallest absolute Gasteiger partial charge is 0.368 e. The summed E-state index contributed by atoms with van der Waals surface area (Å²) in [4.78, 5) is 18.4. The number of anilines is 1. The number of fused-ring (bicyclic) bond motifs is 1. The summed E-state index contributed by atoms with van der Waals surface area (Å²) < 4.78 is 41.0. The van der Waals surface area contributed by atoms with Gasteiger partial charge in [-0.15, -0.1) is 0 Å². The molecular formula is C21H22F3N5O. The summed E-state index contributed by atoms with van der Waals surface area (Å²) in [6, 6.07) is 7.81. The van der Waals surface area contributed by atoms with E-state index in [-0.39, 0.29) is 31.5 Å². The number of halogens is 3. The molecule has 2 aromatic rings. The fourth-order valence-electron chi connectivity index (χ4n) is 4.37. The van der Waals surface area contributed by atoms with E-state index in [9.17, 15) is 23.2 Å². The van der Waals surface area contributed by atoms with Crippen molar-refractivity contribution in [2.45, 2.75) is 37.5 Å². The Morgan fingerprint density at radius 2 is 2.13 bits per heavy atom. The summed E-state index contributed by atoms with van der Waals surface area (Å²) in [5, 5.41) is 15.9. The summed E-state index contributed by atoms with van der Waals surface area (Å²) in [6.45, 7) is 0.804. The lowest BCUT2D eigenvalue weighted by Gasteiger charge is -2.40. The van der Waals surface area contributed by atoms with Gasteiger partial charge in [0.05, 0.1) is 23.0 Å². The zero-order valence-corrected chi connectivity index (χ0v) is 16.2.